The van der Waals surface area contributed by atoms with E-state index in [0.717, 1.165) is 32.9 Å². The summed E-state index contributed by atoms with van der Waals surface area (Å²) in [6.07, 6.45) is 0.905. The highest BCUT2D eigenvalue weighted by Gasteiger charge is 2.07. The van der Waals surface area contributed by atoms with Crippen LogP contribution in [0.1, 0.15) is 18.1 Å². The topological polar surface area (TPSA) is 12.9 Å². The van der Waals surface area contributed by atoms with Crippen molar-refractivity contribution in [2.75, 3.05) is 0 Å². The summed E-state index contributed by atoms with van der Waals surface area (Å²) < 4.78 is 1.07. The molecule has 1 aromatic carbocycles. The molecule has 0 fully saturated rings. The normalized spacial score (nSPS) is 10.9. The minimum absolute atomic E-state index is 0.617. The Balaban J connectivity index is 2.86. The van der Waals surface area contributed by atoms with Crippen LogP contribution in [0, 0.1) is 6.92 Å². The maximum atomic E-state index is 6.10. The fourth-order valence-electron chi connectivity index (χ4n) is 1.63. The molecule has 1 aromatic heterocycles. The van der Waals surface area contributed by atoms with E-state index < -0.39 is 0 Å². The van der Waals surface area contributed by atoms with Crippen LogP contribution < -0.4 is 0 Å². The monoisotopic (exact) mass is 283 g/mol. The van der Waals surface area contributed by atoms with Gasteiger partial charge in [0.25, 0.3) is 0 Å². The molecule has 78 valence electrons. The minimum atomic E-state index is 0.617. The van der Waals surface area contributed by atoms with Crippen molar-refractivity contribution in [3.63, 3.8) is 0 Å². The van der Waals surface area contributed by atoms with E-state index in [-0.39, 0.29) is 0 Å². The first-order chi connectivity index (χ1) is 7.13. The zero-order valence-corrected chi connectivity index (χ0v) is 11.0. The highest BCUT2D eigenvalue weighted by atomic mass is 79.9. The van der Waals surface area contributed by atoms with Gasteiger partial charge in [-0.05, 0) is 36.6 Å². The van der Waals surface area contributed by atoms with Gasteiger partial charge in [0.05, 0.1) is 5.52 Å². The van der Waals surface area contributed by atoms with Gasteiger partial charge in [0.1, 0.15) is 5.15 Å². The summed E-state index contributed by atoms with van der Waals surface area (Å²) in [7, 11) is 0. The molecule has 0 radical (unpaired) electrons. The van der Waals surface area contributed by atoms with Crippen molar-refractivity contribution >= 4 is 38.4 Å². The number of benzene rings is 1. The van der Waals surface area contributed by atoms with Crippen LogP contribution in [0.15, 0.2) is 22.7 Å². The first-order valence-corrected chi connectivity index (χ1v) is 6.04. The van der Waals surface area contributed by atoms with Crippen molar-refractivity contribution in [3.05, 3.63) is 39.0 Å². The number of aryl methyl sites for hydroxylation is 2. The zero-order valence-electron chi connectivity index (χ0n) is 8.64. The fourth-order valence-corrected chi connectivity index (χ4v) is 2.34. The van der Waals surface area contributed by atoms with E-state index in [1.54, 1.807) is 0 Å². The molecule has 3 heteroatoms. The Morgan fingerprint density at radius 1 is 1.40 bits per heavy atom. The Morgan fingerprint density at radius 3 is 2.80 bits per heavy atom. The lowest BCUT2D eigenvalue weighted by Crippen LogP contribution is -1.91. The standard InChI is InChI=1S/C12H11BrClN/c1-3-8-6-9-10(13)5-4-7(2)11(9)15-12(8)14/h4-6H,3H2,1-2H3. The van der Waals surface area contributed by atoms with Crippen LogP contribution in [0.25, 0.3) is 10.9 Å². The first kappa shape index (κ1) is 10.9. The lowest BCUT2D eigenvalue weighted by molar-refractivity contribution is 1.12. The van der Waals surface area contributed by atoms with Gasteiger partial charge in [0, 0.05) is 9.86 Å². The smallest absolute Gasteiger partial charge is 0.132 e. The Bertz CT molecular complexity index is 523. The Kier molecular flexibility index (Phi) is 2.98. The minimum Gasteiger partial charge on any atom is -0.235 e. The van der Waals surface area contributed by atoms with Crippen molar-refractivity contribution in [2.24, 2.45) is 0 Å². The van der Waals surface area contributed by atoms with Crippen LogP contribution in [-0.4, -0.2) is 4.98 Å². The SMILES string of the molecule is CCc1cc2c(Br)ccc(C)c2nc1Cl. The molecule has 0 N–H and O–H groups in total. The third kappa shape index (κ3) is 1.88. The third-order valence-corrected chi connectivity index (χ3v) is 3.56. The lowest BCUT2D eigenvalue weighted by atomic mass is 10.1. The second kappa shape index (κ2) is 4.11. The van der Waals surface area contributed by atoms with Gasteiger partial charge < -0.3 is 0 Å². The van der Waals surface area contributed by atoms with E-state index in [2.05, 4.69) is 33.9 Å². The molecule has 15 heavy (non-hydrogen) atoms. The Morgan fingerprint density at radius 2 is 2.13 bits per heavy atom. The summed E-state index contributed by atoms with van der Waals surface area (Å²) in [5.41, 5.74) is 3.22. The first-order valence-electron chi connectivity index (χ1n) is 4.87. The summed E-state index contributed by atoms with van der Waals surface area (Å²) in [5.74, 6) is 0. The van der Waals surface area contributed by atoms with Gasteiger partial charge in [-0.3, -0.25) is 0 Å². The highest BCUT2D eigenvalue weighted by molar-refractivity contribution is 9.10. The molecule has 0 aliphatic rings. The maximum absolute atomic E-state index is 6.10. The van der Waals surface area contributed by atoms with E-state index in [4.69, 9.17) is 11.6 Å². The van der Waals surface area contributed by atoms with Crippen LogP contribution >= 0.6 is 27.5 Å². The van der Waals surface area contributed by atoms with Crippen LogP contribution in [0.5, 0.6) is 0 Å². The summed E-state index contributed by atoms with van der Waals surface area (Å²) in [6.45, 7) is 4.13. The molecule has 1 heterocycles. The third-order valence-electron chi connectivity index (χ3n) is 2.54. The average molecular weight is 285 g/mol. The van der Waals surface area contributed by atoms with E-state index in [1.807, 2.05) is 19.1 Å². The van der Waals surface area contributed by atoms with Crippen LogP contribution in [0.2, 0.25) is 5.15 Å². The predicted molar refractivity (Wildman–Crippen MR) is 68.6 cm³/mol. The second-order valence-electron chi connectivity index (χ2n) is 3.55. The van der Waals surface area contributed by atoms with Crippen LogP contribution in [-0.2, 0) is 6.42 Å². The number of halogens is 2. The molecule has 0 atom stereocenters. The number of hydrogen-bond donors (Lipinski definition) is 0. The van der Waals surface area contributed by atoms with Crippen LogP contribution in [0.4, 0.5) is 0 Å². The number of fused-ring (bicyclic) bond motifs is 1. The zero-order chi connectivity index (χ0) is 11.0. The molecule has 0 aliphatic carbocycles. The highest BCUT2D eigenvalue weighted by Crippen LogP contribution is 2.29. The second-order valence-corrected chi connectivity index (χ2v) is 4.76. The molecular weight excluding hydrogens is 273 g/mol. The van der Waals surface area contributed by atoms with Crippen LogP contribution in [0.3, 0.4) is 0 Å². The average Bonchev–Trinajstić information content (AvgIpc) is 2.23. The van der Waals surface area contributed by atoms with Gasteiger partial charge in [-0.2, -0.15) is 0 Å². The van der Waals surface area contributed by atoms with Crippen molar-refractivity contribution in [1.82, 2.24) is 4.98 Å². The van der Waals surface area contributed by atoms with E-state index in [9.17, 15) is 0 Å². The van der Waals surface area contributed by atoms with E-state index >= 15 is 0 Å². The molecule has 2 rings (SSSR count). The van der Waals surface area contributed by atoms with E-state index in [0.29, 0.717) is 5.15 Å². The molecular formula is C12H11BrClN. The number of aromatic nitrogens is 1. The lowest BCUT2D eigenvalue weighted by Gasteiger charge is -2.07. The molecule has 0 aliphatic heterocycles. The van der Waals surface area contributed by atoms with Gasteiger partial charge in [-0.1, -0.05) is 40.5 Å². The molecule has 0 saturated carbocycles. The molecule has 0 unspecified atom stereocenters. The van der Waals surface area contributed by atoms with Crippen molar-refractivity contribution in [1.29, 1.82) is 0 Å². The molecule has 2 aromatic rings. The summed E-state index contributed by atoms with van der Waals surface area (Å²) in [5, 5.41) is 1.75. The largest absolute Gasteiger partial charge is 0.235 e. The molecule has 0 amide bonds. The number of rotatable bonds is 1. The van der Waals surface area contributed by atoms with Gasteiger partial charge in [-0.25, -0.2) is 4.98 Å². The fraction of sp³-hybridized carbons (Fsp3) is 0.250. The predicted octanol–water partition coefficient (Wildman–Crippen LogP) is 4.52. The summed E-state index contributed by atoms with van der Waals surface area (Å²) in [6, 6.07) is 6.20. The number of nitrogens with zero attached hydrogens (tertiary/aromatic N) is 1. The Hall–Kier alpha value is -0.600. The van der Waals surface area contributed by atoms with Gasteiger partial charge in [-0.15, -0.1) is 0 Å². The summed E-state index contributed by atoms with van der Waals surface area (Å²) >= 11 is 9.64. The summed E-state index contributed by atoms with van der Waals surface area (Å²) in [4.78, 5) is 4.44. The van der Waals surface area contributed by atoms with Crippen molar-refractivity contribution in [2.45, 2.75) is 20.3 Å². The molecule has 1 nitrogen and oxygen atoms in total. The Labute approximate surface area is 103 Å². The van der Waals surface area contributed by atoms with E-state index in [1.165, 1.54) is 0 Å². The maximum Gasteiger partial charge on any atom is 0.132 e. The molecule has 0 saturated heterocycles. The number of pyridine rings is 1. The van der Waals surface area contributed by atoms with Gasteiger partial charge in [0.2, 0.25) is 0 Å². The molecule has 0 spiro atoms. The number of hydrogen-bond acceptors (Lipinski definition) is 1. The van der Waals surface area contributed by atoms with Gasteiger partial charge >= 0.3 is 0 Å². The molecule has 0 bridgehead atoms. The van der Waals surface area contributed by atoms with Crippen molar-refractivity contribution in [3.8, 4) is 0 Å². The van der Waals surface area contributed by atoms with Gasteiger partial charge in [0.15, 0.2) is 0 Å². The van der Waals surface area contributed by atoms with Crippen molar-refractivity contribution < 1.29 is 0 Å². The quantitative estimate of drug-likeness (QED) is 0.702.